The third kappa shape index (κ3) is 6.62. The molecule has 0 radical (unpaired) electrons. The van der Waals surface area contributed by atoms with E-state index in [0.29, 0.717) is 18.0 Å². The average molecular weight is 365 g/mol. The number of morpholine rings is 1. The zero-order chi connectivity index (χ0) is 18.8. The van der Waals surface area contributed by atoms with Crippen molar-refractivity contribution in [2.75, 3.05) is 51.8 Å². The number of hydrogen-bond donors (Lipinski definition) is 3. The molecule has 2 rings (SSSR count). The first kappa shape index (κ1) is 20.2. The molecule has 1 fully saturated rings. The molecule has 1 atom stereocenters. The van der Waals surface area contributed by atoms with Crippen molar-refractivity contribution >= 4 is 17.6 Å². The van der Waals surface area contributed by atoms with E-state index in [1.165, 1.54) is 7.11 Å². The first-order valence-corrected chi connectivity index (χ1v) is 8.79. The van der Waals surface area contributed by atoms with E-state index in [2.05, 4.69) is 15.5 Å². The number of methoxy groups -OCH3 is 1. The predicted molar refractivity (Wildman–Crippen MR) is 97.5 cm³/mol. The highest BCUT2D eigenvalue weighted by Gasteiger charge is 2.21. The van der Waals surface area contributed by atoms with E-state index in [9.17, 15) is 14.7 Å². The van der Waals surface area contributed by atoms with Crippen LogP contribution < -0.4 is 15.4 Å². The zero-order valence-corrected chi connectivity index (χ0v) is 15.1. The van der Waals surface area contributed by atoms with Gasteiger partial charge in [0, 0.05) is 13.1 Å². The molecule has 8 nitrogen and oxygen atoms in total. The Morgan fingerprint density at radius 1 is 1.31 bits per heavy atom. The van der Waals surface area contributed by atoms with Crippen molar-refractivity contribution in [2.45, 2.75) is 18.9 Å². The molecule has 0 bridgehead atoms. The lowest BCUT2D eigenvalue weighted by molar-refractivity contribution is -0.141. The number of carboxylic acids is 1. The summed E-state index contributed by atoms with van der Waals surface area (Å²) in [5.41, 5.74) is 0.524. The molecule has 1 saturated heterocycles. The molecule has 1 aromatic carbocycles. The first-order chi connectivity index (χ1) is 12.6. The molecule has 1 aliphatic rings. The largest absolute Gasteiger partial charge is 0.495 e. The van der Waals surface area contributed by atoms with Gasteiger partial charge in [0.2, 0.25) is 5.91 Å². The van der Waals surface area contributed by atoms with Gasteiger partial charge in [0.1, 0.15) is 11.8 Å². The van der Waals surface area contributed by atoms with Crippen LogP contribution in [-0.2, 0) is 14.3 Å². The summed E-state index contributed by atoms with van der Waals surface area (Å²) in [6.45, 7) is 4.72. The quantitative estimate of drug-likeness (QED) is 0.527. The summed E-state index contributed by atoms with van der Waals surface area (Å²) < 4.78 is 10.5. The van der Waals surface area contributed by atoms with Crippen molar-refractivity contribution in [3.63, 3.8) is 0 Å². The lowest BCUT2D eigenvalue weighted by Crippen LogP contribution is -2.42. The Bertz CT molecular complexity index is 590. The summed E-state index contributed by atoms with van der Waals surface area (Å²) in [6.07, 6.45) is 0.669. The van der Waals surface area contributed by atoms with Crippen LogP contribution >= 0.6 is 0 Å². The summed E-state index contributed by atoms with van der Waals surface area (Å²) in [5.74, 6) is -0.875. The summed E-state index contributed by atoms with van der Waals surface area (Å²) in [6, 6.07) is 6.09. The second-order valence-corrected chi connectivity index (χ2v) is 6.11. The second kappa shape index (κ2) is 10.7. The number of amides is 1. The van der Waals surface area contributed by atoms with Gasteiger partial charge in [0.05, 0.1) is 32.4 Å². The molecule has 0 aliphatic carbocycles. The lowest BCUT2D eigenvalue weighted by atomic mass is 10.2. The van der Waals surface area contributed by atoms with Crippen LogP contribution in [0.15, 0.2) is 24.3 Å². The number of nitrogens with zero attached hydrogens (tertiary/aromatic N) is 1. The Balaban J connectivity index is 1.75. The van der Waals surface area contributed by atoms with Gasteiger partial charge in [-0.05, 0) is 31.6 Å². The minimum Gasteiger partial charge on any atom is -0.495 e. The molecule has 26 heavy (non-hydrogen) atoms. The Hall–Kier alpha value is -2.16. The molecule has 1 heterocycles. The van der Waals surface area contributed by atoms with Crippen molar-refractivity contribution in [3.8, 4) is 5.75 Å². The molecule has 0 spiro atoms. The molecule has 0 aromatic heterocycles. The molecule has 8 heteroatoms. The van der Waals surface area contributed by atoms with Crippen LogP contribution in [0.2, 0.25) is 0 Å². The highest BCUT2D eigenvalue weighted by Crippen LogP contribution is 2.23. The first-order valence-electron chi connectivity index (χ1n) is 8.79. The van der Waals surface area contributed by atoms with Crippen molar-refractivity contribution in [3.05, 3.63) is 24.3 Å². The van der Waals surface area contributed by atoms with Gasteiger partial charge < -0.3 is 25.2 Å². The van der Waals surface area contributed by atoms with Gasteiger partial charge in [-0.15, -0.1) is 0 Å². The maximum atomic E-state index is 12.2. The summed E-state index contributed by atoms with van der Waals surface area (Å²) >= 11 is 0. The van der Waals surface area contributed by atoms with Crippen LogP contribution in [0.4, 0.5) is 5.69 Å². The minimum absolute atomic E-state index is 0.148. The standard InChI is InChI=1S/C18H27N3O5/c1-25-16-6-3-2-5-14(16)20-17(22)13-15(18(23)24)19-7-4-8-21-9-11-26-12-10-21/h2-3,5-6,15,19H,4,7-13H2,1H3,(H,20,22)(H,23,24). The molecule has 1 aromatic rings. The van der Waals surface area contributed by atoms with Crippen LogP contribution in [0, 0.1) is 0 Å². The molecular weight excluding hydrogens is 338 g/mol. The number of carbonyl (C=O) groups excluding carboxylic acids is 1. The van der Waals surface area contributed by atoms with Gasteiger partial charge in [0.25, 0.3) is 0 Å². The topological polar surface area (TPSA) is 100 Å². The Morgan fingerprint density at radius 2 is 2.04 bits per heavy atom. The number of anilines is 1. The number of para-hydroxylation sites is 2. The van der Waals surface area contributed by atoms with Crippen LogP contribution in [0.1, 0.15) is 12.8 Å². The fourth-order valence-electron chi connectivity index (χ4n) is 2.79. The number of carboxylic acid groups (broad SMARTS) is 1. The summed E-state index contributed by atoms with van der Waals surface area (Å²) in [5, 5.41) is 15.0. The van der Waals surface area contributed by atoms with E-state index >= 15 is 0 Å². The normalized spacial score (nSPS) is 16.0. The van der Waals surface area contributed by atoms with Crippen molar-refractivity contribution in [1.29, 1.82) is 0 Å². The van der Waals surface area contributed by atoms with E-state index in [0.717, 1.165) is 39.3 Å². The van der Waals surface area contributed by atoms with E-state index in [1.807, 2.05) is 0 Å². The van der Waals surface area contributed by atoms with Crippen molar-refractivity contribution < 1.29 is 24.2 Å². The van der Waals surface area contributed by atoms with Crippen LogP contribution in [-0.4, -0.2) is 74.4 Å². The SMILES string of the molecule is COc1ccccc1NC(=O)CC(NCCCN1CCOCC1)C(=O)O. The maximum absolute atomic E-state index is 12.2. The third-order valence-electron chi connectivity index (χ3n) is 4.21. The number of hydrogen-bond acceptors (Lipinski definition) is 6. The molecule has 3 N–H and O–H groups in total. The molecule has 1 unspecified atom stereocenters. The maximum Gasteiger partial charge on any atom is 0.321 e. The number of aliphatic carboxylic acids is 1. The Morgan fingerprint density at radius 3 is 2.73 bits per heavy atom. The highest BCUT2D eigenvalue weighted by molar-refractivity contribution is 5.95. The summed E-state index contributed by atoms with van der Waals surface area (Å²) in [4.78, 5) is 25.9. The van der Waals surface area contributed by atoms with Crippen LogP contribution in [0.3, 0.4) is 0 Å². The zero-order valence-electron chi connectivity index (χ0n) is 15.1. The van der Waals surface area contributed by atoms with Crippen molar-refractivity contribution in [1.82, 2.24) is 10.2 Å². The number of nitrogens with one attached hydrogen (secondary N) is 2. The van der Waals surface area contributed by atoms with Gasteiger partial charge in [-0.1, -0.05) is 12.1 Å². The minimum atomic E-state index is -1.04. The highest BCUT2D eigenvalue weighted by atomic mass is 16.5. The van der Waals surface area contributed by atoms with Crippen LogP contribution in [0.25, 0.3) is 0 Å². The molecule has 1 aliphatic heterocycles. The summed E-state index contributed by atoms with van der Waals surface area (Å²) in [7, 11) is 1.51. The monoisotopic (exact) mass is 365 g/mol. The van der Waals surface area contributed by atoms with E-state index in [4.69, 9.17) is 9.47 Å². The average Bonchev–Trinajstić information content (AvgIpc) is 2.65. The molecule has 0 saturated carbocycles. The van der Waals surface area contributed by atoms with E-state index < -0.39 is 12.0 Å². The molecular formula is C18H27N3O5. The Kier molecular flexibility index (Phi) is 8.33. The van der Waals surface area contributed by atoms with E-state index in [-0.39, 0.29) is 12.3 Å². The fraction of sp³-hybridized carbons (Fsp3) is 0.556. The van der Waals surface area contributed by atoms with Gasteiger partial charge in [0.15, 0.2) is 0 Å². The third-order valence-corrected chi connectivity index (χ3v) is 4.21. The van der Waals surface area contributed by atoms with Crippen LogP contribution in [0.5, 0.6) is 5.75 Å². The predicted octanol–water partition coefficient (Wildman–Crippen LogP) is 0.789. The molecule has 144 valence electrons. The van der Waals surface area contributed by atoms with Crippen molar-refractivity contribution in [2.24, 2.45) is 0 Å². The van der Waals surface area contributed by atoms with Gasteiger partial charge in [-0.25, -0.2) is 0 Å². The van der Waals surface area contributed by atoms with Gasteiger partial charge in [-0.3, -0.25) is 14.5 Å². The fourth-order valence-corrected chi connectivity index (χ4v) is 2.79. The van der Waals surface area contributed by atoms with Gasteiger partial charge >= 0.3 is 5.97 Å². The lowest BCUT2D eigenvalue weighted by Gasteiger charge is -2.26. The smallest absolute Gasteiger partial charge is 0.321 e. The van der Waals surface area contributed by atoms with Gasteiger partial charge in [-0.2, -0.15) is 0 Å². The number of ether oxygens (including phenoxy) is 2. The number of benzene rings is 1. The number of carbonyl (C=O) groups is 2. The number of rotatable bonds is 10. The van der Waals surface area contributed by atoms with E-state index in [1.54, 1.807) is 24.3 Å². The molecule has 1 amide bonds. The Labute approximate surface area is 153 Å². The second-order valence-electron chi connectivity index (χ2n) is 6.11.